The van der Waals surface area contributed by atoms with Crippen LogP contribution in [0.15, 0.2) is 29.2 Å². The van der Waals surface area contributed by atoms with E-state index in [-0.39, 0.29) is 0 Å². The highest BCUT2D eigenvalue weighted by Gasteiger charge is 2.05. The standard InChI is InChI=1S/C17H30N2S/c1-5-11-18-15(4)16-9-8-10-17(14-16)20-13-12-19(6-2)7-3/h8-10,14-15,18H,5-7,11-13H2,1-4H3. The molecule has 0 heterocycles. The van der Waals surface area contributed by atoms with E-state index in [2.05, 4.69) is 62.2 Å². The number of benzene rings is 1. The van der Waals surface area contributed by atoms with Gasteiger partial charge in [0.2, 0.25) is 0 Å². The molecule has 0 aromatic heterocycles. The third-order valence-corrected chi connectivity index (χ3v) is 4.60. The molecule has 0 bridgehead atoms. The first-order valence-electron chi connectivity index (χ1n) is 7.89. The Kier molecular flexibility index (Phi) is 8.99. The van der Waals surface area contributed by atoms with Gasteiger partial charge in [0.05, 0.1) is 0 Å². The van der Waals surface area contributed by atoms with Crippen molar-refractivity contribution in [3.05, 3.63) is 29.8 Å². The minimum absolute atomic E-state index is 0.443. The van der Waals surface area contributed by atoms with Gasteiger partial charge in [0.1, 0.15) is 0 Å². The van der Waals surface area contributed by atoms with E-state index < -0.39 is 0 Å². The van der Waals surface area contributed by atoms with Crippen molar-refractivity contribution in [3.8, 4) is 0 Å². The minimum Gasteiger partial charge on any atom is -0.310 e. The summed E-state index contributed by atoms with van der Waals surface area (Å²) in [6.07, 6.45) is 1.18. The summed E-state index contributed by atoms with van der Waals surface area (Å²) in [6, 6.07) is 9.41. The van der Waals surface area contributed by atoms with Crippen LogP contribution >= 0.6 is 11.8 Å². The Bertz CT molecular complexity index is 364. The van der Waals surface area contributed by atoms with Gasteiger partial charge in [-0.05, 0) is 50.7 Å². The van der Waals surface area contributed by atoms with Gasteiger partial charge in [0.25, 0.3) is 0 Å². The lowest BCUT2D eigenvalue weighted by molar-refractivity contribution is 0.324. The van der Waals surface area contributed by atoms with Crippen LogP contribution in [-0.2, 0) is 0 Å². The molecular formula is C17H30N2S. The Hall–Kier alpha value is -0.510. The molecule has 0 saturated carbocycles. The number of nitrogens with zero attached hydrogens (tertiary/aromatic N) is 1. The van der Waals surface area contributed by atoms with Crippen molar-refractivity contribution in [3.63, 3.8) is 0 Å². The third kappa shape index (κ3) is 6.29. The lowest BCUT2D eigenvalue weighted by Crippen LogP contribution is -2.25. The van der Waals surface area contributed by atoms with Crippen LogP contribution in [0.2, 0.25) is 0 Å². The third-order valence-electron chi connectivity index (χ3n) is 3.63. The van der Waals surface area contributed by atoms with Crippen LogP contribution in [0, 0.1) is 0 Å². The van der Waals surface area contributed by atoms with Crippen molar-refractivity contribution in [2.24, 2.45) is 0 Å². The summed E-state index contributed by atoms with van der Waals surface area (Å²) in [6.45, 7) is 13.5. The number of rotatable bonds is 10. The van der Waals surface area contributed by atoms with E-state index in [0.29, 0.717) is 6.04 Å². The van der Waals surface area contributed by atoms with E-state index in [9.17, 15) is 0 Å². The Morgan fingerprint density at radius 1 is 1.20 bits per heavy atom. The second kappa shape index (κ2) is 10.3. The van der Waals surface area contributed by atoms with Crippen molar-refractivity contribution < 1.29 is 0 Å². The number of thioether (sulfide) groups is 1. The van der Waals surface area contributed by atoms with Crippen LogP contribution in [0.3, 0.4) is 0 Å². The van der Waals surface area contributed by atoms with E-state index in [1.807, 2.05) is 11.8 Å². The highest BCUT2D eigenvalue weighted by Crippen LogP contribution is 2.22. The molecule has 20 heavy (non-hydrogen) atoms. The molecule has 1 atom stereocenters. The molecule has 1 rings (SSSR count). The van der Waals surface area contributed by atoms with E-state index in [0.717, 1.165) is 19.6 Å². The topological polar surface area (TPSA) is 15.3 Å². The van der Waals surface area contributed by atoms with Crippen LogP contribution < -0.4 is 5.32 Å². The monoisotopic (exact) mass is 294 g/mol. The van der Waals surface area contributed by atoms with Crippen LogP contribution in [0.5, 0.6) is 0 Å². The van der Waals surface area contributed by atoms with Gasteiger partial charge < -0.3 is 10.2 Å². The molecule has 0 radical (unpaired) electrons. The maximum Gasteiger partial charge on any atom is 0.0292 e. The first kappa shape index (κ1) is 17.5. The molecule has 3 heteroatoms. The maximum absolute atomic E-state index is 3.55. The molecular weight excluding hydrogens is 264 g/mol. The lowest BCUT2D eigenvalue weighted by atomic mass is 10.1. The van der Waals surface area contributed by atoms with Gasteiger partial charge in [-0.25, -0.2) is 0 Å². The van der Waals surface area contributed by atoms with E-state index >= 15 is 0 Å². The van der Waals surface area contributed by atoms with Gasteiger partial charge in [-0.2, -0.15) is 0 Å². The summed E-state index contributed by atoms with van der Waals surface area (Å²) in [5.41, 5.74) is 1.39. The second-order valence-corrected chi connectivity index (χ2v) is 6.29. The molecule has 0 amide bonds. The molecule has 0 saturated heterocycles. The molecule has 114 valence electrons. The van der Waals surface area contributed by atoms with Crippen LogP contribution in [0.1, 0.15) is 45.7 Å². The summed E-state index contributed by atoms with van der Waals surface area (Å²) >= 11 is 1.97. The smallest absolute Gasteiger partial charge is 0.0292 e. The zero-order chi connectivity index (χ0) is 14.8. The molecule has 0 aliphatic carbocycles. The number of hydrogen-bond acceptors (Lipinski definition) is 3. The molecule has 1 aromatic carbocycles. The molecule has 0 fully saturated rings. The number of hydrogen-bond donors (Lipinski definition) is 1. The van der Waals surface area contributed by atoms with Crippen LogP contribution in [0.4, 0.5) is 0 Å². The maximum atomic E-state index is 3.55. The van der Waals surface area contributed by atoms with Gasteiger partial charge in [-0.1, -0.05) is 32.9 Å². The SMILES string of the molecule is CCCNC(C)c1cccc(SCCN(CC)CC)c1. The quantitative estimate of drug-likeness (QED) is 0.652. The summed E-state index contributed by atoms with van der Waals surface area (Å²) in [4.78, 5) is 3.86. The fourth-order valence-electron chi connectivity index (χ4n) is 2.18. The second-order valence-electron chi connectivity index (χ2n) is 5.12. The van der Waals surface area contributed by atoms with Crippen molar-refractivity contribution in [2.45, 2.75) is 45.1 Å². The summed E-state index contributed by atoms with van der Waals surface area (Å²) in [5.74, 6) is 1.17. The first-order chi connectivity index (χ1) is 9.71. The molecule has 1 N–H and O–H groups in total. The zero-order valence-corrected chi connectivity index (χ0v) is 14.3. The average Bonchev–Trinajstić information content (AvgIpc) is 2.49. The predicted molar refractivity (Wildman–Crippen MR) is 91.7 cm³/mol. The Morgan fingerprint density at radius 3 is 2.60 bits per heavy atom. The first-order valence-corrected chi connectivity index (χ1v) is 8.88. The van der Waals surface area contributed by atoms with Crippen molar-refractivity contribution >= 4 is 11.8 Å². The fourth-order valence-corrected chi connectivity index (χ4v) is 3.16. The zero-order valence-electron chi connectivity index (χ0n) is 13.5. The van der Waals surface area contributed by atoms with Gasteiger partial charge >= 0.3 is 0 Å². The Morgan fingerprint density at radius 2 is 1.95 bits per heavy atom. The van der Waals surface area contributed by atoms with E-state index in [1.165, 1.54) is 29.2 Å². The molecule has 0 aliphatic rings. The average molecular weight is 295 g/mol. The van der Waals surface area contributed by atoms with E-state index in [4.69, 9.17) is 0 Å². The molecule has 0 spiro atoms. The fraction of sp³-hybridized carbons (Fsp3) is 0.647. The molecule has 1 unspecified atom stereocenters. The lowest BCUT2D eigenvalue weighted by Gasteiger charge is -2.18. The van der Waals surface area contributed by atoms with Crippen LogP contribution in [0.25, 0.3) is 0 Å². The minimum atomic E-state index is 0.443. The van der Waals surface area contributed by atoms with Gasteiger partial charge in [-0.3, -0.25) is 0 Å². The summed E-state index contributed by atoms with van der Waals surface area (Å²) < 4.78 is 0. The normalized spacial score (nSPS) is 12.8. The van der Waals surface area contributed by atoms with E-state index in [1.54, 1.807) is 0 Å². The van der Waals surface area contributed by atoms with Crippen molar-refractivity contribution in [1.82, 2.24) is 10.2 Å². The predicted octanol–water partition coefficient (Wildman–Crippen LogP) is 4.18. The molecule has 2 nitrogen and oxygen atoms in total. The molecule has 1 aromatic rings. The largest absolute Gasteiger partial charge is 0.310 e. The highest BCUT2D eigenvalue weighted by molar-refractivity contribution is 7.99. The van der Waals surface area contributed by atoms with Crippen LogP contribution in [-0.4, -0.2) is 36.8 Å². The van der Waals surface area contributed by atoms with Crippen molar-refractivity contribution in [2.75, 3.05) is 31.9 Å². The Balaban J connectivity index is 2.47. The van der Waals surface area contributed by atoms with Gasteiger partial charge in [0, 0.05) is 23.2 Å². The molecule has 0 aliphatic heterocycles. The summed E-state index contributed by atoms with van der Waals surface area (Å²) in [7, 11) is 0. The van der Waals surface area contributed by atoms with Gasteiger partial charge in [0.15, 0.2) is 0 Å². The van der Waals surface area contributed by atoms with Gasteiger partial charge in [-0.15, -0.1) is 11.8 Å². The summed E-state index contributed by atoms with van der Waals surface area (Å²) in [5, 5.41) is 3.55. The Labute approximate surface area is 129 Å². The highest BCUT2D eigenvalue weighted by atomic mass is 32.2. The number of nitrogens with one attached hydrogen (secondary N) is 1. The van der Waals surface area contributed by atoms with Crippen molar-refractivity contribution in [1.29, 1.82) is 0 Å².